The van der Waals surface area contributed by atoms with E-state index in [1.807, 2.05) is 42.5 Å². The van der Waals surface area contributed by atoms with Gasteiger partial charge in [-0.05, 0) is 43.7 Å². The second kappa shape index (κ2) is 10.1. The lowest BCUT2D eigenvalue weighted by Crippen LogP contribution is -2.43. The van der Waals surface area contributed by atoms with Crippen molar-refractivity contribution in [3.05, 3.63) is 54.1 Å². The lowest BCUT2D eigenvalue weighted by molar-refractivity contribution is 0.0731. The third kappa shape index (κ3) is 5.50. The van der Waals surface area contributed by atoms with Gasteiger partial charge in [0.1, 0.15) is 6.61 Å². The van der Waals surface area contributed by atoms with Crippen molar-refractivity contribution >= 4 is 11.7 Å². The summed E-state index contributed by atoms with van der Waals surface area (Å²) in [5.74, 6) is 1.48. The standard InChI is InChI=1S/C25H33N3O3/c1-27(20-11-4-3-5-12-20)16-19-10-6-7-13-22(19)26-25(29)28(2)17-21-18-30-23-14-8-9-15-24(23)31-21/h6-10,13-15,20-21H,3-5,11-12,16-18H2,1-2H3,(H,26,29)/t21-/m1/s1. The average Bonchev–Trinajstić information content (AvgIpc) is 2.80. The predicted molar refractivity (Wildman–Crippen MR) is 123 cm³/mol. The fraction of sp³-hybridized carbons (Fsp3) is 0.480. The number of ether oxygens (including phenoxy) is 2. The zero-order valence-corrected chi connectivity index (χ0v) is 18.5. The maximum atomic E-state index is 12.9. The molecule has 1 saturated carbocycles. The fourth-order valence-corrected chi connectivity index (χ4v) is 4.45. The van der Waals surface area contributed by atoms with Crippen LogP contribution in [0.15, 0.2) is 48.5 Å². The molecule has 2 aromatic rings. The van der Waals surface area contributed by atoms with Gasteiger partial charge in [-0.2, -0.15) is 0 Å². The zero-order chi connectivity index (χ0) is 21.6. The summed E-state index contributed by atoms with van der Waals surface area (Å²) in [7, 11) is 3.98. The van der Waals surface area contributed by atoms with Crippen LogP contribution in [-0.4, -0.2) is 55.2 Å². The average molecular weight is 424 g/mol. The molecule has 1 fully saturated rings. The van der Waals surface area contributed by atoms with Crippen molar-refractivity contribution in [2.45, 2.75) is 50.8 Å². The Morgan fingerprint density at radius 3 is 2.52 bits per heavy atom. The highest BCUT2D eigenvalue weighted by molar-refractivity contribution is 5.90. The van der Waals surface area contributed by atoms with Gasteiger partial charge in [-0.1, -0.05) is 49.6 Å². The molecule has 1 aliphatic heterocycles. The molecule has 0 saturated heterocycles. The summed E-state index contributed by atoms with van der Waals surface area (Å²) in [6, 6.07) is 16.2. The molecule has 1 N–H and O–H groups in total. The van der Waals surface area contributed by atoms with Crippen molar-refractivity contribution in [3.63, 3.8) is 0 Å². The largest absolute Gasteiger partial charge is 0.486 e. The van der Waals surface area contributed by atoms with Crippen LogP contribution in [0, 0.1) is 0 Å². The first-order valence-corrected chi connectivity index (χ1v) is 11.3. The number of carbonyl (C=O) groups is 1. The number of nitrogens with one attached hydrogen (secondary N) is 1. The number of likely N-dealkylation sites (N-methyl/N-ethyl adjacent to an activating group) is 1. The Balaban J connectivity index is 1.34. The van der Waals surface area contributed by atoms with E-state index < -0.39 is 0 Å². The van der Waals surface area contributed by atoms with E-state index in [-0.39, 0.29) is 12.1 Å². The molecular weight excluding hydrogens is 390 g/mol. The molecule has 2 aromatic carbocycles. The van der Waals surface area contributed by atoms with E-state index in [1.165, 1.54) is 32.1 Å². The topological polar surface area (TPSA) is 54.0 Å². The first-order valence-electron chi connectivity index (χ1n) is 11.3. The highest BCUT2D eigenvalue weighted by Crippen LogP contribution is 2.31. The van der Waals surface area contributed by atoms with Crippen LogP contribution >= 0.6 is 0 Å². The van der Waals surface area contributed by atoms with E-state index in [0.29, 0.717) is 19.2 Å². The van der Waals surface area contributed by atoms with Crippen LogP contribution in [0.2, 0.25) is 0 Å². The highest BCUT2D eigenvalue weighted by Gasteiger charge is 2.24. The number of anilines is 1. The predicted octanol–water partition coefficient (Wildman–Crippen LogP) is 4.75. The van der Waals surface area contributed by atoms with Crippen LogP contribution < -0.4 is 14.8 Å². The first-order chi connectivity index (χ1) is 15.1. The Kier molecular flexibility index (Phi) is 6.97. The number of hydrogen-bond acceptors (Lipinski definition) is 4. The van der Waals surface area contributed by atoms with E-state index in [1.54, 1.807) is 11.9 Å². The van der Waals surface area contributed by atoms with Gasteiger partial charge >= 0.3 is 6.03 Å². The molecule has 1 aliphatic carbocycles. The van der Waals surface area contributed by atoms with Gasteiger partial charge in [0.25, 0.3) is 0 Å². The number of urea groups is 1. The molecule has 1 heterocycles. The molecule has 31 heavy (non-hydrogen) atoms. The van der Waals surface area contributed by atoms with Crippen LogP contribution in [-0.2, 0) is 6.54 Å². The number of hydrogen-bond donors (Lipinski definition) is 1. The number of para-hydroxylation sites is 3. The molecule has 2 aliphatic rings. The SMILES string of the molecule is CN(C[C@@H]1COc2ccccc2O1)C(=O)Nc1ccccc1CN(C)C1CCCCC1. The minimum atomic E-state index is -0.196. The summed E-state index contributed by atoms with van der Waals surface area (Å²) in [4.78, 5) is 17.0. The Morgan fingerprint density at radius 2 is 1.71 bits per heavy atom. The molecule has 6 heteroatoms. The summed E-state index contributed by atoms with van der Waals surface area (Å²) in [5.41, 5.74) is 2.01. The maximum Gasteiger partial charge on any atom is 0.321 e. The molecular formula is C25H33N3O3. The number of carbonyl (C=O) groups excluding carboxylic acids is 1. The molecule has 0 radical (unpaired) electrons. The van der Waals surface area contributed by atoms with Crippen molar-refractivity contribution in [2.24, 2.45) is 0 Å². The van der Waals surface area contributed by atoms with Crippen molar-refractivity contribution in [3.8, 4) is 11.5 Å². The third-order valence-corrected chi connectivity index (χ3v) is 6.27. The number of benzene rings is 2. The summed E-state index contributed by atoms with van der Waals surface area (Å²) in [6.07, 6.45) is 6.31. The minimum Gasteiger partial charge on any atom is -0.486 e. The Morgan fingerprint density at radius 1 is 1.00 bits per heavy atom. The zero-order valence-electron chi connectivity index (χ0n) is 18.5. The second-order valence-corrected chi connectivity index (χ2v) is 8.67. The summed E-state index contributed by atoms with van der Waals surface area (Å²) in [6.45, 7) is 1.71. The van der Waals surface area contributed by atoms with E-state index >= 15 is 0 Å². The Labute approximate surface area is 185 Å². The second-order valence-electron chi connectivity index (χ2n) is 8.67. The van der Waals surface area contributed by atoms with E-state index in [2.05, 4.69) is 23.3 Å². The van der Waals surface area contributed by atoms with Gasteiger partial charge in [-0.3, -0.25) is 4.90 Å². The number of nitrogens with zero attached hydrogens (tertiary/aromatic N) is 2. The summed E-state index contributed by atoms with van der Waals surface area (Å²) < 4.78 is 11.8. The minimum absolute atomic E-state index is 0.143. The monoisotopic (exact) mass is 423 g/mol. The van der Waals surface area contributed by atoms with E-state index in [4.69, 9.17) is 9.47 Å². The van der Waals surface area contributed by atoms with Crippen molar-refractivity contribution in [1.82, 2.24) is 9.80 Å². The quantitative estimate of drug-likeness (QED) is 0.728. The molecule has 1 atom stereocenters. The normalized spacial score (nSPS) is 18.6. The molecule has 4 rings (SSSR count). The number of fused-ring (bicyclic) bond motifs is 1. The molecule has 0 aromatic heterocycles. The van der Waals surface area contributed by atoms with Gasteiger partial charge in [0.05, 0.1) is 6.54 Å². The van der Waals surface area contributed by atoms with Crippen molar-refractivity contribution in [2.75, 3.05) is 32.6 Å². The van der Waals surface area contributed by atoms with Crippen LogP contribution in [0.5, 0.6) is 11.5 Å². The summed E-state index contributed by atoms with van der Waals surface area (Å²) >= 11 is 0. The molecule has 2 amide bonds. The maximum absolute atomic E-state index is 12.9. The van der Waals surface area contributed by atoms with Gasteiger partial charge in [0, 0.05) is 25.3 Å². The Hall–Kier alpha value is -2.73. The summed E-state index contributed by atoms with van der Waals surface area (Å²) in [5, 5.41) is 3.09. The van der Waals surface area contributed by atoms with Gasteiger partial charge < -0.3 is 19.7 Å². The highest BCUT2D eigenvalue weighted by atomic mass is 16.6. The van der Waals surface area contributed by atoms with Crippen LogP contribution in [0.3, 0.4) is 0 Å². The van der Waals surface area contributed by atoms with Crippen LogP contribution in [0.1, 0.15) is 37.7 Å². The molecule has 0 spiro atoms. The van der Waals surface area contributed by atoms with Gasteiger partial charge in [-0.25, -0.2) is 4.79 Å². The molecule has 6 nitrogen and oxygen atoms in total. The molecule has 166 valence electrons. The smallest absolute Gasteiger partial charge is 0.321 e. The van der Waals surface area contributed by atoms with Crippen LogP contribution in [0.4, 0.5) is 10.5 Å². The lowest BCUT2D eigenvalue weighted by Gasteiger charge is -2.32. The van der Waals surface area contributed by atoms with E-state index in [9.17, 15) is 4.79 Å². The molecule has 0 unspecified atom stereocenters. The number of amides is 2. The first kappa shape index (κ1) is 21.5. The van der Waals surface area contributed by atoms with Gasteiger partial charge in [0.2, 0.25) is 0 Å². The lowest BCUT2D eigenvalue weighted by atomic mass is 9.94. The molecule has 0 bridgehead atoms. The van der Waals surface area contributed by atoms with Crippen molar-refractivity contribution in [1.29, 1.82) is 0 Å². The van der Waals surface area contributed by atoms with E-state index in [0.717, 1.165) is 29.3 Å². The van der Waals surface area contributed by atoms with Crippen molar-refractivity contribution < 1.29 is 14.3 Å². The van der Waals surface area contributed by atoms with Gasteiger partial charge in [0.15, 0.2) is 17.6 Å². The third-order valence-electron chi connectivity index (χ3n) is 6.27. The Bertz CT molecular complexity index is 882. The van der Waals surface area contributed by atoms with Gasteiger partial charge in [-0.15, -0.1) is 0 Å². The van der Waals surface area contributed by atoms with Crippen LogP contribution in [0.25, 0.3) is 0 Å². The number of rotatable bonds is 6. The fourth-order valence-electron chi connectivity index (χ4n) is 4.45.